The highest BCUT2D eigenvalue weighted by Gasteiger charge is 2.38. The van der Waals surface area contributed by atoms with Gasteiger partial charge in [-0.2, -0.15) is 11.8 Å². The Morgan fingerprint density at radius 2 is 2.16 bits per heavy atom. The molecule has 1 unspecified atom stereocenters. The fraction of sp³-hybridized carbons (Fsp3) is 1.00. The highest BCUT2D eigenvalue weighted by Crippen LogP contribution is 2.43. The van der Waals surface area contributed by atoms with Crippen molar-refractivity contribution in [2.75, 3.05) is 36.9 Å². The molecule has 1 saturated carbocycles. The Kier molecular flexibility index (Phi) is 5.20. The van der Waals surface area contributed by atoms with Crippen molar-refractivity contribution in [3.05, 3.63) is 0 Å². The summed E-state index contributed by atoms with van der Waals surface area (Å²) in [5, 5.41) is -0.272. The van der Waals surface area contributed by atoms with Crippen LogP contribution in [0.3, 0.4) is 0 Å². The lowest BCUT2D eigenvalue weighted by molar-refractivity contribution is 0.105. The summed E-state index contributed by atoms with van der Waals surface area (Å²) in [5.41, 5.74) is 6.20. The van der Waals surface area contributed by atoms with E-state index in [-0.39, 0.29) is 11.1 Å². The number of hydrogen-bond acceptors (Lipinski definition) is 5. The molecule has 0 amide bonds. The van der Waals surface area contributed by atoms with E-state index in [4.69, 9.17) is 5.73 Å². The maximum Gasteiger partial charge on any atom is 0.166 e. The molecule has 1 aliphatic heterocycles. The van der Waals surface area contributed by atoms with Crippen LogP contribution >= 0.6 is 11.8 Å². The zero-order valence-corrected chi connectivity index (χ0v) is 13.4. The first-order chi connectivity index (χ1) is 9.03. The first kappa shape index (κ1) is 15.6. The van der Waals surface area contributed by atoms with E-state index in [2.05, 4.69) is 4.90 Å². The quantitative estimate of drug-likeness (QED) is 0.802. The Labute approximate surface area is 121 Å². The van der Waals surface area contributed by atoms with Gasteiger partial charge in [-0.25, -0.2) is 8.42 Å². The Morgan fingerprint density at radius 3 is 2.68 bits per heavy atom. The smallest absolute Gasteiger partial charge is 0.166 e. The molecule has 0 aromatic carbocycles. The number of sulfone groups is 1. The summed E-state index contributed by atoms with van der Waals surface area (Å²) in [6.45, 7) is 4.29. The van der Waals surface area contributed by atoms with Gasteiger partial charge in [-0.1, -0.05) is 13.3 Å². The van der Waals surface area contributed by atoms with Crippen molar-refractivity contribution in [3.63, 3.8) is 0 Å². The van der Waals surface area contributed by atoms with Crippen LogP contribution in [0.4, 0.5) is 0 Å². The molecule has 0 bridgehead atoms. The second-order valence-corrected chi connectivity index (χ2v) is 9.42. The summed E-state index contributed by atoms with van der Waals surface area (Å²) < 4.78 is 24.3. The molecule has 0 spiro atoms. The number of rotatable bonds is 6. The van der Waals surface area contributed by atoms with Crippen molar-refractivity contribution in [1.29, 1.82) is 0 Å². The molecule has 1 atom stereocenters. The van der Waals surface area contributed by atoms with Crippen LogP contribution in [0.5, 0.6) is 0 Å². The van der Waals surface area contributed by atoms with Gasteiger partial charge in [0.15, 0.2) is 9.84 Å². The van der Waals surface area contributed by atoms with Crippen molar-refractivity contribution in [2.45, 2.75) is 38.0 Å². The van der Waals surface area contributed by atoms with Crippen molar-refractivity contribution in [1.82, 2.24) is 4.90 Å². The van der Waals surface area contributed by atoms with E-state index in [0.29, 0.717) is 5.41 Å². The van der Waals surface area contributed by atoms with E-state index >= 15 is 0 Å². The minimum Gasteiger partial charge on any atom is -0.330 e. The predicted molar refractivity (Wildman–Crippen MR) is 82.1 cm³/mol. The number of thioether (sulfide) groups is 1. The van der Waals surface area contributed by atoms with Gasteiger partial charge in [0.05, 0.1) is 0 Å². The molecule has 112 valence electrons. The second kappa shape index (κ2) is 6.33. The maximum atomic E-state index is 12.2. The molecule has 6 heteroatoms. The fourth-order valence-electron chi connectivity index (χ4n) is 3.01. The van der Waals surface area contributed by atoms with Crippen LogP contribution in [-0.4, -0.2) is 55.6 Å². The number of hydrogen-bond donors (Lipinski definition) is 1. The molecule has 4 nitrogen and oxygen atoms in total. The Bertz CT molecular complexity index is 388. The number of nitrogens with two attached hydrogens (primary N) is 1. The average Bonchev–Trinajstić information content (AvgIpc) is 2.38. The molecule has 1 aliphatic carbocycles. The van der Waals surface area contributed by atoms with Crippen LogP contribution in [0.1, 0.15) is 32.6 Å². The number of nitrogens with zero attached hydrogens (tertiary/aromatic N) is 1. The molecular weight excluding hydrogens is 280 g/mol. The SMILES string of the molecule is CCS(=O)(=O)C1CSCCN1CCC1(CN)CCC1. The molecule has 2 rings (SSSR count). The van der Waals surface area contributed by atoms with E-state index in [0.717, 1.165) is 37.6 Å². The largest absolute Gasteiger partial charge is 0.330 e. The zero-order chi connectivity index (χ0) is 13.9. The van der Waals surface area contributed by atoms with Crippen LogP contribution in [0.25, 0.3) is 0 Å². The third kappa shape index (κ3) is 3.46. The third-order valence-electron chi connectivity index (χ3n) is 4.78. The van der Waals surface area contributed by atoms with Crippen molar-refractivity contribution in [3.8, 4) is 0 Å². The average molecular weight is 306 g/mol. The summed E-state index contributed by atoms with van der Waals surface area (Å²) in [6.07, 6.45) is 4.78. The van der Waals surface area contributed by atoms with E-state index < -0.39 is 9.84 Å². The lowest BCUT2D eigenvalue weighted by Gasteiger charge is -2.44. The van der Waals surface area contributed by atoms with Crippen LogP contribution in [-0.2, 0) is 9.84 Å². The summed E-state index contributed by atoms with van der Waals surface area (Å²) in [4.78, 5) is 2.19. The first-order valence-corrected chi connectivity index (χ1v) is 10.1. The molecule has 2 N–H and O–H groups in total. The van der Waals surface area contributed by atoms with E-state index in [1.807, 2.05) is 0 Å². The Hall–Kier alpha value is 0.220. The van der Waals surface area contributed by atoms with Crippen LogP contribution in [0.2, 0.25) is 0 Å². The van der Waals surface area contributed by atoms with Crippen LogP contribution in [0.15, 0.2) is 0 Å². The lowest BCUT2D eigenvalue weighted by atomic mass is 9.66. The Balaban J connectivity index is 1.96. The van der Waals surface area contributed by atoms with Crippen LogP contribution < -0.4 is 5.73 Å². The highest BCUT2D eigenvalue weighted by molar-refractivity contribution is 8.01. The maximum absolute atomic E-state index is 12.2. The van der Waals surface area contributed by atoms with E-state index in [9.17, 15) is 8.42 Å². The molecule has 1 heterocycles. The molecule has 2 fully saturated rings. The van der Waals surface area contributed by atoms with Gasteiger partial charge in [0.1, 0.15) is 5.37 Å². The van der Waals surface area contributed by atoms with Gasteiger partial charge in [-0.15, -0.1) is 0 Å². The van der Waals surface area contributed by atoms with Gasteiger partial charge in [0.25, 0.3) is 0 Å². The van der Waals surface area contributed by atoms with Crippen molar-refractivity contribution in [2.24, 2.45) is 11.1 Å². The minimum absolute atomic E-state index is 0.247. The van der Waals surface area contributed by atoms with Gasteiger partial charge < -0.3 is 5.73 Å². The molecular formula is C13H26N2O2S2. The summed E-state index contributed by atoms with van der Waals surface area (Å²) in [5.74, 6) is 2.02. The fourth-order valence-corrected chi connectivity index (χ4v) is 6.12. The summed E-state index contributed by atoms with van der Waals surface area (Å²) in [6, 6.07) is 0. The van der Waals surface area contributed by atoms with E-state index in [1.165, 1.54) is 19.3 Å². The van der Waals surface area contributed by atoms with Gasteiger partial charge in [-0.05, 0) is 31.2 Å². The van der Waals surface area contributed by atoms with E-state index in [1.54, 1.807) is 18.7 Å². The molecule has 1 saturated heterocycles. The highest BCUT2D eigenvalue weighted by atomic mass is 32.2. The first-order valence-electron chi connectivity index (χ1n) is 7.26. The molecule has 19 heavy (non-hydrogen) atoms. The molecule has 0 aromatic rings. The van der Waals surface area contributed by atoms with Gasteiger partial charge in [0, 0.05) is 30.3 Å². The van der Waals surface area contributed by atoms with Gasteiger partial charge in [0.2, 0.25) is 0 Å². The lowest BCUT2D eigenvalue weighted by Crippen LogP contribution is -2.50. The third-order valence-corrected chi connectivity index (χ3v) is 8.12. The standard InChI is InChI=1S/C13H26N2O2S2/c1-2-19(16,17)12-10-18-9-8-15(12)7-6-13(11-14)4-3-5-13/h12H,2-11,14H2,1H3. The molecule has 0 aromatic heterocycles. The second-order valence-electron chi connectivity index (χ2n) is 5.82. The summed E-state index contributed by atoms with van der Waals surface area (Å²) >= 11 is 1.76. The monoisotopic (exact) mass is 306 g/mol. The van der Waals surface area contributed by atoms with Gasteiger partial charge in [-0.3, -0.25) is 4.90 Å². The zero-order valence-electron chi connectivity index (χ0n) is 11.8. The van der Waals surface area contributed by atoms with Crippen molar-refractivity contribution >= 4 is 21.6 Å². The normalized spacial score (nSPS) is 28.0. The Morgan fingerprint density at radius 1 is 1.42 bits per heavy atom. The predicted octanol–water partition coefficient (Wildman–Crippen LogP) is 1.32. The van der Waals surface area contributed by atoms with Crippen molar-refractivity contribution < 1.29 is 8.42 Å². The molecule has 2 aliphatic rings. The van der Waals surface area contributed by atoms with Crippen LogP contribution in [0, 0.1) is 5.41 Å². The summed E-state index contributed by atoms with van der Waals surface area (Å²) in [7, 11) is -2.96. The minimum atomic E-state index is -2.96. The van der Waals surface area contributed by atoms with Gasteiger partial charge >= 0.3 is 0 Å². The topological polar surface area (TPSA) is 63.4 Å². The molecule has 0 radical (unpaired) electrons.